The van der Waals surface area contributed by atoms with E-state index in [0.717, 1.165) is 29.9 Å². The number of carbonyl (C=O) groups excluding carboxylic acids is 2. The zero-order valence-corrected chi connectivity index (χ0v) is 16.4. The van der Waals surface area contributed by atoms with E-state index in [-0.39, 0.29) is 11.0 Å². The third-order valence-corrected chi connectivity index (χ3v) is 4.74. The van der Waals surface area contributed by atoms with Crippen LogP contribution in [0.15, 0.2) is 36.6 Å². The van der Waals surface area contributed by atoms with Crippen molar-refractivity contribution < 1.29 is 14.3 Å². The molecule has 1 saturated heterocycles. The predicted octanol–water partition coefficient (Wildman–Crippen LogP) is 4.56. The lowest BCUT2D eigenvalue weighted by Crippen LogP contribution is -2.50. The van der Waals surface area contributed by atoms with Crippen LogP contribution in [0.1, 0.15) is 52.9 Å². The molecule has 0 N–H and O–H groups in total. The van der Waals surface area contributed by atoms with Gasteiger partial charge in [0.15, 0.2) is 5.11 Å². The number of carbonyl (C=O) groups is 2. The fraction of sp³-hybridized carbons (Fsp3) is 0.526. The number of rotatable bonds is 3. The van der Waals surface area contributed by atoms with Crippen LogP contribution >= 0.6 is 12.2 Å². The van der Waals surface area contributed by atoms with Gasteiger partial charge in [-0.15, -0.1) is 0 Å². The molecule has 2 fully saturated rings. The van der Waals surface area contributed by atoms with Crippen molar-refractivity contribution in [3.05, 3.63) is 36.6 Å². The Hall–Kier alpha value is -1.95. The molecule has 0 aromatic rings. The normalized spacial score (nSPS) is 19.9. The molecule has 2 rings (SSSR count). The molecule has 1 heterocycles. The van der Waals surface area contributed by atoms with Gasteiger partial charge < -0.3 is 9.64 Å². The van der Waals surface area contributed by atoms with Crippen LogP contribution in [0.25, 0.3) is 0 Å². The van der Waals surface area contributed by atoms with Crippen LogP contribution in [-0.4, -0.2) is 39.6 Å². The summed E-state index contributed by atoms with van der Waals surface area (Å²) < 4.78 is 4.74. The van der Waals surface area contributed by atoms with Gasteiger partial charge in [0.25, 0.3) is 5.91 Å². The zero-order valence-electron chi connectivity index (χ0n) is 15.6. The van der Waals surface area contributed by atoms with E-state index in [4.69, 9.17) is 17.0 Å². The molecule has 0 radical (unpaired) electrons. The highest BCUT2D eigenvalue weighted by molar-refractivity contribution is 7.80. The Balaban J connectivity index is 0.00000151. The molecule has 0 atom stereocenters. The van der Waals surface area contributed by atoms with Crippen LogP contribution in [0.2, 0.25) is 0 Å². The Bertz CT molecular complexity index is 589. The lowest BCUT2D eigenvalue weighted by molar-refractivity contribution is -0.133. The number of hydrogen-bond donors (Lipinski definition) is 0. The van der Waals surface area contributed by atoms with E-state index in [1.54, 1.807) is 11.0 Å². The quantitative estimate of drug-likeness (QED) is 0.543. The maximum atomic E-state index is 13.0. The van der Waals surface area contributed by atoms with Crippen molar-refractivity contribution in [2.75, 3.05) is 7.11 Å². The van der Waals surface area contributed by atoms with Crippen LogP contribution in [-0.2, 0) is 9.53 Å². The van der Waals surface area contributed by atoms with Crippen molar-refractivity contribution in [3.63, 3.8) is 0 Å². The number of thiocarbonyl (C=S) groups is 1. The number of hydrogen-bond acceptors (Lipinski definition) is 4. The first-order valence-electron chi connectivity index (χ1n) is 8.75. The molecule has 0 unspecified atom stereocenters. The number of amides is 2. The van der Waals surface area contributed by atoms with Gasteiger partial charge in [0.2, 0.25) is 0 Å². The summed E-state index contributed by atoms with van der Waals surface area (Å²) in [6.07, 6.45) is 10.8. The smallest absolute Gasteiger partial charge is 0.422 e. The van der Waals surface area contributed by atoms with Gasteiger partial charge in [0, 0.05) is 5.70 Å². The van der Waals surface area contributed by atoms with Gasteiger partial charge >= 0.3 is 6.09 Å². The van der Waals surface area contributed by atoms with E-state index >= 15 is 0 Å². The molecule has 1 saturated carbocycles. The van der Waals surface area contributed by atoms with Crippen molar-refractivity contribution in [2.24, 2.45) is 0 Å². The van der Waals surface area contributed by atoms with Crippen molar-refractivity contribution in [2.45, 2.75) is 58.4 Å². The summed E-state index contributed by atoms with van der Waals surface area (Å²) >= 11 is 5.45. The molecule has 138 valence electrons. The number of imide groups is 1. The zero-order chi connectivity index (χ0) is 19.0. The van der Waals surface area contributed by atoms with E-state index < -0.39 is 11.6 Å². The third kappa shape index (κ3) is 3.84. The van der Waals surface area contributed by atoms with E-state index in [2.05, 4.69) is 6.58 Å². The minimum Gasteiger partial charge on any atom is -0.452 e. The van der Waals surface area contributed by atoms with Crippen LogP contribution in [0.4, 0.5) is 4.79 Å². The fourth-order valence-electron chi connectivity index (χ4n) is 3.29. The van der Waals surface area contributed by atoms with Gasteiger partial charge in [-0.05, 0) is 44.1 Å². The van der Waals surface area contributed by atoms with E-state index in [1.807, 2.05) is 39.0 Å². The minimum atomic E-state index is -0.800. The fourth-order valence-corrected chi connectivity index (χ4v) is 3.72. The molecule has 6 heteroatoms. The van der Waals surface area contributed by atoms with Gasteiger partial charge in [0.1, 0.15) is 5.54 Å². The Labute approximate surface area is 156 Å². The summed E-state index contributed by atoms with van der Waals surface area (Å²) in [5, 5.41) is 0.166. The van der Waals surface area contributed by atoms with Gasteiger partial charge in [-0.3, -0.25) is 4.79 Å². The maximum Gasteiger partial charge on any atom is 0.422 e. The maximum absolute atomic E-state index is 13.0. The molecule has 0 bridgehead atoms. The van der Waals surface area contributed by atoms with E-state index in [1.165, 1.54) is 7.11 Å². The van der Waals surface area contributed by atoms with Crippen LogP contribution < -0.4 is 0 Å². The minimum absolute atomic E-state index is 0.166. The Morgan fingerprint density at radius 2 is 1.88 bits per heavy atom. The van der Waals surface area contributed by atoms with E-state index in [9.17, 15) is 9.59 Å². The molecule has 0 aromatic carbocycles. The SMILES string of the molecule is C=C/C(=C\C=C/C)N1C(=S)N(C(=O)OC)C(=O)C12CCCCC2.CC. The second-order valence-electron chi connectivity index (χ2n) is 5.64. The van der Waals surface area contributed by atoms with Gasteiger partial charge in [-0.25, -0.2) is 4.79 Å². The molecule has 2 aliphatic rings. The van der Waals surface area contributed by atoms with Gasteiger partial charge in [-0.1, -0.05) is 51.8 Å². The lowest BCUT2D eigenvalue weighted by Gasteiger charge is -2.39. The summed E-state index contributed by atoms with van der Waals surface area (Å²) in [6.45, 7) is 9.74. The molecular formula is C19H28N2O3S. The second-order valence-corrected chi connectivity index (χ2v) is 6.01. The van der Waals surface area contributed by atoms with Crippen LogP contribution in [0.5, 0.6) is 0 Å². The van der Waals surface area contributed by atoms with Gasteiger partial charge in [0.05, 0.1) is 7.11 Å². The first-order valence-corrected chi connectivity index (χ1v) is 9.16. The summed E-state index contributed by atoms with van der Waals surface area (Å²) in [5.74, 6) is -0.290. The molecule has 5 nitrogen and oxygen atoms in total. The summed E-state index contributed by atoms with van der Waals surface area (Å²) in [6, 6.07) is 0. The van der Waals surface area contributed by atoms with Crippen LogP contribution in [0, 0.1) is 0 Å². The van der Waals surface area contributed by atoms with Crippen molar-refractivity contribution >= 4 is 29.3 Å². The second kappa shape index (κ2) is 9.51. The largest absolute Gasteiger partial charge is 0.452 e. The first-order chi connectivity index (χ1) is 12.0. The summed E-state index contributed by atoms with van der Waals surface area (Å²) in [4.78, 5) is 27.8. The lowest BCUT2D eigenvalue weighted by atomic mass is 9.80. The topological polar surface area (TPSA) is 49.9 Å². The standard InChI is InChI=1S/C17H22N2O3S.C2H6/c1-4-6-10-13(5-2)19-15(23)18(16(21)22-3)14(20)17(19)11-8-7-9-12-17;1-2/h4-6,10H,2,7-9,11-12H2,1,3H3;1-2H3/b6-4-,13-10+;. The molecular weight excluding hydrogens is 336 g/mol. The molecule has 1 spiro atoms. The summed E-state index contributed by atoms with van der Waals surface area (Å²) in [5.41, 5.74) is -0.0831. The van der Waals surface area contributed by atoms with E-state index in [0.29, 0.717) is 12.8 Å². The molecule has 1 aliphatic carbocycles. The van der Waals surface area contributed by atoms with Crippen LogP contribution in [0.3, 0.4) is 0 Å². The average Bonchev–Trinajstić information content (AvgIpc) is 2.85. The van der Waals surface area contributed by atoms with Crippen molar-refractivity contribution in [1.29, 1.82) is 0 Å². The number of methoxy groups -OCH3 is 1. The average molecular weight is 365 g/mol. The highest BCUT2D eigenvalue weighted by atomic mass is 32.1. The van der Waals surface area contributed by atoms with Gasteiger partial charge in [-0.2, -0.15) is 4.90 Å². The monoisotopic (exact) mass is 364 g/mol. The van der Waals surface area contributed by atoms with Crippen molar-refractivity contribution in [3.8, 4) is 0 Å². The first kappa shape index (κ1) is 21.1. The molecule has 0 aromatic heterocycles. The molecule has 25 heavy (non-hydrogen) atoms. The molecule has 1 aliphatic heterocycles. The van der Waals surface area contributed by atoms with Crippen molar-refractivity contribution in [1.82, 2.24) is 9.80 Å². The highest BCUT2D eigenvalue weighted by Gasteiger charge is 2.58. The molecule has 2 amide bonds. The highest BCUT2D eigenvalue weighted by Crippen LogP contribution is 2.43. The Kier molecular flexibility index (Phi) is 8.03. The number of ether oxygens (including phenoxy) is 1. The number of allylic oxidation sites excluding steroid dienone is 4. The Morgan fingerprint density at radius 1 is 1.28 bits per heavy atom. The predicted molar refractivity (Wildman–Crippen MR) is 104 cm³/mol. The third-order valence-electron chi connectivity index (χ3n) is 4.38. The summed E-state index contributed by atoms with van der Waals surface area (Å²) in [7, 11) is 1.25. The Morgan fingerprint density at radius 3 is 2.36 bits per heavy atom. The number of nitrogens with zero attached hydrogens (tertiary/aromatic N) is 2.